The number of benzene rings is 1. The van der Waals surface area contributed by atoms with Crippen LogP contribution in [0.15, 0.2) is 24.8 Å². The minimum Gasteiger partial charge on any atom is -0.506 e. The second kappa shape index (κ2) is 11.0. The molecule has 0 bridgehead atoms. The first-order valence-electron chi connectivity index (χ1n) is 7.30. The third kappa shape index (κ3) is 5.44. The van der Waals surface area contributed by atoms with Crippen LogP contribution in [0.5, 0.6) is 11.5 Å². The van der Waals surface area contributed by atoms with E-state index >= 15 is 0 Å². The lowest BCUT2D eigenvalue weighted by Gasteiger charge is -2.36. The standard InChI is InChI=1S/C16H23ClN2O2.2ClH/c1-3-4-5-13(19-10-8-18-9-11-19)15-14(21-2)7-6-12(17)16(15)20;;/h3,6-7,13,18,20H,1,4-5,8-11H2,2H3;2*1H/t13-;;/m0../s1. The van der Waals surface area contributed by atoms with Crippen molar-refractivity contribution in [3.63, 3.8) is 0 Å². The molecule has 0 saturated carbocycles. The predicted molar refractivity (Wildman–Crippen MR) is 101 cm³/mol. The fraction of sp³-hybridized carbons (Fsp3) is 0.500. The summed E-state index contributed by atoms with van der Waals surface area (Å²) < 4.78 is 5.45. The fourth-order valence-electron chi connectivity index (χ4n) is 2.84. The Morgan fingerprint density at radius 1 is 1.39 bits per heavy atom. The molecule has 132 valence electrons. The number of piperazine rings is 1. The first-order valence-corrected chi connectivity index (χ1v) is 7.67. The van der Waals surface area contributed by atoms with Crippen LogP contribution in [0.2, 0.25) is 5.02 Å². The van der Waals surface area contributed by atoms with Crippen LogP contribution in [0.25, 0.3) is 0 Å². The molecule has 23 heavy (non-hydrogen) atoms. The van der Waals surface area contributed by atoms with Crippen LogP contribution in [0.1, 0.15) is 24.4 Å². The summed E-state index contributed by atoms with van der Waals surface area (Å²) in [7, 11) is 1.62. The Hall–Kier alpha value is -0.650. The Morgan fingerprint density at radius 2 is 2.04 bits per heavy atom. The van der Waals surface area contributed by atoms with Gasteiger partial charge in [-0.25, -0.2) is 0 Å². The van der Waals surface area contributed by atoms with Gasteiger partial charge in [0.1, 0.15) is 11.5 Å². The molecule has 2 rings (SSSR count). The van der Waals surface area contributed by atoms with E-state index in [1.807, 2.05) is 12.1 Å². The molecule has 0 aliphatic carbocycles. The van der Waals surface area contributed by atoms with Gasteiger partial charge < -0.3 is 15.2 Å². The number of phenolic OH excluding ortho intramolecular Hbond substituents is 1. The van der Waals surface area contributed by atoms with E-state index < -0.39 is 0 Å². The second-order valence-corrected chi connectivity index (χ2v) is 5.59. The largest absolute Gasteiger partial charge is 0.506 e. The van der Waals surface area contributed by atoms with Gasteiger partial charge in [0, 0.05) is 32.2 Å². The quantitative estimate of drug-likeness (QED) is 0.733. The zero-order chi connectivity index (χ0) is 15.2. The van der Waals surface area contributed by atoms with Crippen molar-refractivity contribution in [1.29, 1.82) is 0 Å². The Morgan fingerprint density at radius 3 is 2.61 bits per heavy atom. The van der Waals surface area contributed by atoms with E-state index in [0.717, 1.165) is 44.6 Å². The number of nitrogens with one attached hydrogen (secondary N) is 1. The van der Waals surface area contributed by atoms with Crippen molar-refractivity contribution in [1.82, 2.24) is 10.2 Å². The monoisotopic (exact) mass is 382 g/mol. The molecule has 1 heterocycles. The topological polar surface area (TPSA) is 44.7 Å². The molecule has 1 aliphatic rings. The van der Waals surface area contributed by atoms with Crippen molar-refractivity contribution in [3.05, 3.63) is 35.4 Å². The Bertz CT molecular complexity index is 494. The maximum absolute atomic E-state index is 10.4. The summed E-state index contributed by atoms with van der Waals surface area (Å²) in [6.07, 6.45) is 3.67. The van der Waals surface area contributed by atoms with Crippen molar-refractivity contribution < 1.29 is 9.84 Å². The molecule has 0 radical (unpaired) electrons. The Kier molecular flexibility index (Phi) is 10.7. The van der Waals surface area contributed by atoms with Crippen LogP contribution in [0, 0.1) is 0 Å². The van der Waals surface area contributed by atoms with Crippen molar-refractivity contribution in [2.45, 2.75) is 18.9 Å². The van der Waals surface area contributed by atoms with Gasteiger partial charge in [-0.2, -0.15) is 0 Å². The number of phenols is 1. The van der Waals surface area contributed by atoms with Crippen LogP contribution in [-0.2, 0) is 0 Å². The fourth-order valence-corrected chi connectivity index (χ4v) is 3.01. The number of nitrogens with zero attached hydrogens (tertiary/aromatic N) is 1. The maximum Gasteiger partial charge on any atom is 0.142 e. The van der Waals surface area contributed by atoms with Crippen LogP contribution in [0.3, 0.4) is 0 Å². The Balaban J connectivity index is 0.00000242. The molecule has 1 atom stereocenters. The predicted octanol–water partition coefficient (Wildman–Crippen LogP) is 3.81. The number of hydrogen-bond acceptors (Lipinski definition) is 4. The van der Waals surface area contributed by atoms with Gasteiger partial charge in [0.2, 0.25) is 0 Å². The van der Waals surface area contributed by atoms with E-state index in [1.165, 1.54) is 0 Å². The van der Waals surface area contributed by atoms with Crippen molar-refractivity contribution in [2.75, 3.05) is 33.3 Å². The van der Waals surface area contributed by atoms with Gasteiger partial charge in [0.15, 0.2) is 0 Å². The smallest absolute Gasteiger partial charge is 0.142 e. The van der Waals surface area contributed by atoms with E-state index in [4.69, 9.17) is 16.3 Å². The molecular formula is C16H25Cl3N2O2. The molecule has 0 amide bonds. The van der Waals surface area contributed by atoms with Gasteiger partial charge in [-0.05, 0) is 25.0 Å². The third-order valence-corrected chi connectivity index (χ3v) is 4.22. The van der Waals surface area contributed by atoms with E-state index in [1.54, 1.807) is 13.2 Å². The van der Waals surface area contributed by atoms with Gasteiger partial charge in [-0.1, -0.05) is 17.7 Å². The van der Waals surface area contributed by atoms with E-state index in [-0.39, 0.29) is 36.6 Å². The van der Waals surface area contributed by atoms with E-state index in [2.05, 4.69) is 16.8 Å². The first-order chi connectivity index (χ1) is 10.2. The van der Waals surface area contributed by atoms with Gasteiger partial charge >= 0.3 is 0 Å². The Labute approximate surface area is 155 Å². The zero-order valence-electron chi connectivity index (χ0n) is 13.3. The van der Waals surface area contributed by atoms with Crippen LogP contribution < -0.4 is 10.1 Å². The summed E-state index contributed by atoms with van der Waals surface area (Å²) in [4.78, 5) is 2.37. The molecule has 7 heteroatoms. The molecule has 1 aromatic carbocycles. The van der Waals surface area contributed by atoms with E-state index in [9.17, 15) is 5.11 Å². The normalized spacial score (nSPS) is 15.9. The van der Waals surface area contributed by atoms with Gasteiger partial charge in [-0.15, -0.1) is 31.4 Å². The minimum atomic E-state index is 0. The van der Waals surface area contributed by atoms with Crippen LogP contribution in [0.4, 0.5) is 0 Å². The molecule has 0 spiro atoms. The number of allylic oxidation sites excluding steroid dienone is 1. The highest BCUT2D eigenvalue weighted by Crippen LogP contribution is 2.42. The molecule has 0 aromatic heterocycles. The maximum atomic E-state index is 10.4. The number of methoxy groups -OCH3 is 1. The summed E-state index contributed by atoms with van der Waals surface area (Å²) in [5, 5.41) is 14.1. The van der Waals surface area contributed by atoms with E-state index in [0.29, 0.717) is 10.8 Å². The zero-order valence-corrected chi connectivity index (χ0v) is 15.6. The molecule has 4 nitrogen and oxygen atoms in total. The molecule has 1 aliphatic heterocycles. The van der Waals surface area contributed by atoms with Gasteiger partial charge in [0.05, 0.1) is 17.7 Å². The van der Waals surface area contributed by atoms with Crippen LogP contribution in [-0.4, -0.2) is 43.3 Å². The lowest BCUT2D eigenvalue weighted by atomic mass is 9.97. The molecule has 2 N–H and O–H groups in total. The number of hydrogen-bond donors (Lipinski definition) is 2. The summed E-state index contributed by atoms with van der Waals surface area (Å²) in [5.74, 6) is 0.813. The molecular weight excluding hydrogens is 359 g/mol. The minimum absolute atomic E-state index is 0. The molecule has 1 fully saturated rings. The summed E-state index contributed by atoms with van der Waals surface area (Å²) >= 11 is 6.10. The number of ether oxygens (including phenoxy) is 1. The molecule has 0 unspecified atom stereocenters. The van der Waals surface area contributed by atoms with Gasteiger partial charge in [0.25, 0.3) is 0 Å². The number of halogens is 3. The second-order valence-electron chi connectivity index (χ2n) is 5.18. The lowest BCUT2D eigenvalue weighted by molar-refractivity contribution is 0.160. The van der Waals surface area contributed by atoms with Gasteiger partial charge in [-0.3, -0.25) is 4.90 Å². The number of rotatable bonds is 6. The SMILES string of the molecule is C=CCC[C@@H](c1c(OC)ccc(Cl)c1O)N1CCNCC1.Cl.Cl. The number of aromatic hydroxyl groups is 1. The first kappa shape index (κ1) is 22.4. The molecule has 1 aromatic rings. The third-order valence-electron chi connectivity index (χ3n) is 3.92. The highest BCUT2D eigenvalue weighted by atomic mass is 35.5. The summed E-state index contributed by atoms with van der Waals surface area (Å²) in [6, 6.07) is 3.57. The highest BCUT2D eigenvalue weighted by Gasteiger charge is 2.28. The van der Waals surface area contributed by atoms with Crippen molar-refractivity contribution in [3.8, 4) is 11.5 Å². The lowest BCUT2D eigenvalue weighted by Crippen LogP contribution is -2.45. The average molecular weight is 384 g/mol. The van der Waals surface area contributed by atoms with Crippen LogP contribution >= 0.6 is 36.4 Å². The summed E-state index contributed by atoms with van der Waals surface area (Å²) in [6.45, 7) is 7.59. The average Bonchev–Trinajstić information content (AvgIpc) is 2.52. The summed E-state index contributed by atoms with van der Waals surface area (Å²) in [5.41, 5.74) is 0.786. The van der Waals surface area contributed by atoms with Crippen molar-refractivity contribution >= 4 is 36.4 Å². The van der Waals surface area contributed by atoms with Crippen molar-refractivity contribution in [2.24, 2.45) is 0 Å². The molecule has 1 saturated heterocycles. The highest BCUT2D eigenvalue weighted by molar-refractivity contribution is 6.32.